The van der Waals surface area contributed by atoms with E-state index in [4.69, 9.17) is 0 Å². The summed E-state index contributed by atoms with van der Waals surface area (Å²) in [6, 6.07) is 8.83. The monoisotopic (exact) mass is 422 g/mol. The van der Waals surface area contributed by atoms with Crippen molar-refractivity contribution in [3.8, 4) is 0 Å². The van der Waals surface area contributed by atoms with Gasteiger partial charge in [-0.3, -0.25) is 9.03 Å². The quantitative estimate of drug-likeness (QED) is 0.815. The summed E-state index contributed by atoms with van der Waals surface area (Å²) < 4.78 is 54.9. The van der Waals surface area contributed by atoms with E-state index in [0.717, 1.165) is 17.5 Å². The van der Waals surface area contributed by atoms with E-state index < -0.39 is 20.0 Å². The molecule has 1 fully saturated rings. The van der Waals surface area contributed by atoms with Gasteiger partial charge in [0.05, 0.1) is 16.3 Å². The van der Waals surface area contributed by atoms with Gasteiger partial charge in [-0.25, -0.2) is 16.8 Å². The Kier molecular flexibility index (Phi) is 5.46. The van der Waals surface area contributed by atoms with E-state index in [0.29, 0.717) is 35.5 Å². The maximum Gasteiger partial charge on any atom is 0.262 e. The average molecular weight is 423 g/mol. The first-order valence-electron chi connectivity index (χ1n) is 9.22. The predicted molar refractivity (Wildman–Crippen MR) is 113 cm³/mol. The fraction of sp³-hybridized carbons (Fsp3) is 0.400. The third-order valence-electron chi connectivity index (χ3n) is 4.82. The first-order chi connectivity index (χ1) is 13.0. The van der Waals surface area contributed by atoms with Crippen molar-refractivity contribution in [3.63, 3.8) is 0 Å². The minimum atomic E-state index is -3.80. The molecular weight excluding hydrogens is 396 g/mol. The molecule has 0 unspecified atom stereocenters. The fourth-order valence-electron chi connectivity index (χ4n) is 3.81. The number of anilines is 2. The van der Waals surface area contributed by atoms with E-state index in [1.807, 2.05) is 19.9 Å². The summed E-state index contributed by atoms with van der Waals surface area (Å²) >= 11 is 0. The molecule has 0 spiro atoms. The summed E-state index contributed by atoms with van der Waals surface area (Å²) in [5.74, 6) is 0.124. The zero-order valence-corrected chi connectivity index (χ0v) is 18.2. The average Bonchev–Trinajstić information content (AvgIpc) is 2.51. The number of hydrogen-bond donors (Lipinski definition) is 1. The molecule has 1 heterocycles. The molecular formula is C20H26N2O4S2. The molecule has 6 nitrogen and oxygen atoms in total. The lowest BCUT2D eigenvalue weighted by atomic mass is 10.1. The highest BCUT2D eigenvalue weighted by atomic mass is 32.2. The molecule has 152 valence electrons. The topological polar surface area (TPSA) is 83.6 Å². The maximum atomic E-state index is 13.0. The molecule has 0 atom stereocenters. The van der Waals surface area contributed by atoms with E-state index in [2.05, 4.69) is 4.72 Å². The molecule has 2 aromatic rings. The molecule has 0 saturated carbocycles. The van der Waals surface area contributed by atoms with Crippen LogP contribution in [0.25, 0.3) is 0 Å². The molecule has 0 bridgehead atoms. The Morgan fingerprint density at radius 1 is 0.893 bits per heavy atom. The van der Waals surface area contributed by atoms with Gasteiger partial charge < -0.3 is 0 Å². The number of hydrogen-bond acceptors (Lipinski definition) is 4. The van der Waals surface area contributed by atoms with Crippen LogP contribution in [0.1, 0.15) is 35.1 Å². The largest absolute Gasteiger partial charge is 0.280 e. The van der Waals surface area contributed by atoms with E-state index in [1.165, 1.54) is 4.31 Å². The fourth-order valence-corrected chi connectivity index (χ4v) is 6.93. The van der Waals surface area contributed by atoms with Crippen LogP contribution in [0.3, 0.4) is 0 Å². The van der Waals surface area contributed by atoms with Crippen molar-refractivity contribution >= 4 is 31.4 Å². The number of sulfonamides is 2. The molecule has 28 heavy (non-hydrogen) atoms. The second kappa shape index (κ2) is 7.40. The summed E-state index contributed by atoms with van der Waals surface area (Å²) in [5, 5.41) is 0. The minimum Gasteiger partial charge on any atom is -0.280 e. The minimum absolute atomic E-state index is 0.124. The molecule has 2 aromatic carbocycles. The standard InChI is InChI=1S/C20H26N2O4S2/c1-14-9-15(2)11-18(10-14)21-28(25,26)20-16(3)12-19(13-17(20)4)22-7-5-6-8-27(22,23)24/h9-13,21H,5-8H2,1-4H3. The number of nitrogens with zero attached hydrogens (tertiary/aromatic N) is 1. The van der Waals surface area contributed by atoms with Crippen molar-refractivity contribution < 1.29 is 16.8 Å². The van der Waals surface area contributed by atoms with Gasteiger partial charge in [0.2, 0.25) is 10.0 Å². The first kappa shape index (κ1) is 20.7. The van der Waals surface area contributed by atoms with Crippen molar-refractivity contribution in [1.29, 1.82) is 0 Å². The van der Waals surface area contributed by atoms with Crippen LogP contribution in [0.15, 0.2) is 35.2 Å². The Bertz CT molecular complexity index is 1080. The zero-order chi connectivity index (χ0) is 20.7. The van der Waals surface area contributed by atoms with E-state index in [-0.39, 0.29) is 10.6 Å². The second-order valence-corrected chi connectivity index (χ2v) is 11.1. The highest BCUT2D eigenvalue weighted by Crippen LogP contribution is 2.31. The molecule has 1 aliphatic rings. The summed E-state index contributed by atoms with van der Waals surface area (Å²) in [6.45, 7) is 7.64. The third kappa shape index (κ3) is 4.17. The van der Waals surface area contributed by atoms with Crippen molar-refractivity contribution in [2.45, 2.75) is 45.4 Å². The third-order valence-corrected chi connectivity index (χ3v) is 8.38. The Labute approximate surface area is 167 Å². The van der Waals surface area contributed by atoms with Crippen LogP contribution >= 0.6 is 0 Å². The van der Waals surface area contributed by atoms with E-state index in [9.17, 15) is 16.8 Å². The molecule has 1 aliphatic heterocycles. The highest BCUT2D eigenvalue weighted by Gasteiger charge is 2.28. The smallest absolute Gasteiger partial charge is 0.262 e. The lowest BCUT2D eigenvalue weighted by Gasteiger charge is -2.29. The Morgan fingerprint density at radius 3 is 2.00 bits per heavy atom. The summed E-state index contributed by atoms with van der Waals surface area (Å²) in [6.07, 6.45) is 1.45. The molecule has 0 radical (unpaired) electrons. The predicted octanol–water partition coefficient (Wildman–Crippen LogP) is 3.65. The molecule has 8 heteroatoms. The van der Waals surface area contributed by atoms with Crippen LogP contribution in [0.5, 0.6) is 0 Å². The van der Waals surface area contributed by atoms with Gasteiger partial charge in [-0.05, 0) is 87.1 Å². The van der Waals surface area contributed by atoms with Gasteiger partial charge in [-0.2, -0.15) is 0 Å². The van der Waals surface area contributed by atoms with E-state index in [1.54, 1.807) is 38.1 Å². The zero-order valence-electron chi connectivity index (χ0n) is 16.6. The molecule has 0 aliphatic carbocycles. The Morgan fingerprint density at radius 2 is 1.46 bits per heavy atom. The summed E-state index contributed by atoms with van der Waals surface area (Å²) in [4.78, 5) is 0.185. The SMILES string of the molecule is Cc1cc(C)cc(NS(=O)(=O)c2c(C)cc(N3CCCCS3(=O)=O)cc2C)c1. The second-order valence-electron chi connectivity index (χ2n) is 7.49. The van der Waals surface area contributed by atoms with Crippen LogP contribution < -0.4 is 9.03 Å². The normalized spacial score (nSPS) is 16.8. The summed E-state index contributed by atoms with van der Waals surface area (Å²) in [7, 11) is -7.15. The van der Waals surface area contributed by atoms with E-state index >= 15 is 0 Å². The van der Waals surface area contributed by atoms with Crippen LogP contribution in [-0.4, -0.2) is 29.1 Å². The van der Waals surface area contributed by atoms with Gasteiger partial charge in [0.15, 0.2) is 0 Å². The summed E-state index contributed by atoms with van der Waals surface area (Å²) in [5.41, 5.74) is 4.02. The lowest BCUT2D eigenvalue weighted by Crippen LogP contribution is -2.38. The van der Waals surface area contributed by atoms with Gasteiger partial charge in [0.25, 0.3) is 10.0 Å². The highest BCUT2D eigenvalue weighted by molar-refractivity contribution is 7.93. The molecule has 0 amide bonds. The Hall–Kier alpha value is -2.06. The molecule has 3 rings (SSSR count). The van der Waals surface area contributed by atoms with Gasteiger partial charge in [-0.1, -0.05) is 6.07 Å². The van der Waals surface area contributed by atoms with Crippen molar-refractivity contribution in [3.05, 3.63) is 52.6 Å². The molecule has 1 N–H and O–H groups in total. The van der Waals surface area contributed by atoms with Crippen LogP contribution in [-0.2, 0) is 20.0 Å². The van der Waals surface area contributed by atoms with Crippen molar-refractivity contribution in [1.82, 2.24) is 0 Å². The molecule has 1 saturated heterocycles. The lowest BCUT2D eigenvalue weighted by molar-refractivity contribution is 0.574. The Balaban J connectivity index is 2.00. The molecule has 0 aromatic heterocycles. The van der Waals surface area contributed by atoms with Crippen LogP contribution in [0, 0.1) is 27.7 Å². The van der Waals surface area contributed by atoms with Gasteiger partial charge in [0, 0.05) is 12.2 Å². The van der Waals surface area contributed by atoms with Crippen LogP contribution in [0.2, 0.25) is 0 Å². The number of aryl methyl sites for hydroxylation is 4. The van der Waals surface area contributed by atoms with Crippen molar-refractivity contribution in [2.24, 2.45) is 0 Å². The number of benzene rings is 2. The number of nitrogens with one attached hydrogen (secondary N) is 1. The van der Waals surface area contributed by atoms with Crippen molar-refractivity contribution in [2.75, 3.05) is 21.3 Å². The first-order valence-corrected chi connectivity index (χ1v) is 12.3. The van der Waals surface area contributed by atoms with Gasteiger partial charge in [0.1, 0.15) is 0 Å². The maximum absolute atomic E-state index is 13.0. The van der Waals surface area contributed by atoms with Gasteiger partial charge in [-0.15, -0.1) is 0 Å². The number of rotatable bonds is 4. The van der Waals surface area contributed by atoms with Gasteiger partial charge >= 0.3 is 0 Å². The van der Waals surface area contributed by atoms with Crippen LogP contribution in [0.4, 0.5) is 11.4 Å².